The van der Waals surface area contributed by atoms with Crippen LogP contribution in [-0.2, 0) is 0 Å². The number of rotatable bonds is 2. The van der Waals surface area contributed by atoms with E-state index < -0.39 is 0 Å². The van der Waals surface area contributed by atoms with Gasteiger partial charge in [0, 0.05) is 18.4 Å². The summed E-state index contributed by atoms with van der Waals surface area (Å²) in [6, 6.07) is 0. The molecule has 0 radical (unpaired) electrons. The van der Waals surface area contributed by atoms with Crippen LogP contribution >= 0.6 is 0 Å². The zero-order chi connectivity index (χ0) is 9.30. The largest absolute Gasteiger partial charge is 0.370 e. The molecule has 1 rings (SSSR count). The van der Waals surface area contributed by atoms with E-state index in [0.29, 0.717) is 11.8 Å². The fourth-order valence-corrected chi connectivity index (χ4v) is 1.84. The predicted molar refractivity (Wildman–Crippen MR) is 52.5 cm³/mol. The molecule has 0 amide bonds. The first-order valence-corrected chi connectivity index (χ1v) is 4.73. The van der Waals surface area contributed by atoms with Gasteiger partial charge in [0.1, 0.15) is 0 Å². The van der Waals surface area contributed by atoms with E-state index in [0.717, 1.165) is 6.67 Å². The van der Waals surface area contributed by atoms with Crippen molar-refractivity contribution in [2.75, 3.05) is 13.7 Å². The van der Waals surface area contributed by atoms with Gasteiger partial charge in [-0.25, -0.2) is 0 Å². The van der Waals surface area contributed by atoms with Gasteiger partial charge >= 0.3 is 0 Å². The van der Waals surface area contributed by atoms with Crippen molar-refractivity contribution >= 4 is 0 Å². The Morgan fingerprint density at radius 2 is 1.75 bits per heavy atom. The third-order valence-corrected chi connectivity index (χ3v) is 2.32. The summed E-state index contributed by atoms with van der Waals surface area (Å²) < 4.78 is 0. The van der Waals surface area contributed by atoms with Crippen molar-refractivity contribution in [3.05, 3.63) is 11.4 Å². The second-order valence-corrected chi connectivity index (χ2v) is 4.14. The molecule has 0 atom stereocenters. The Labute approximate surface area is 75.6 Å². The highest BCUT2D eigenvalue weighted by atomic mass is 15.3. The first kappa shape index (κ1) is 9.43. The van der Waals surface area contributed by atoms with Gasteiger partial charge < -0.3 is 10.2 Å². The van der Waals surface area contributed by atoms with E-state index in [1.165, 1.54) is 11.4 Å². The molecule has 1 aliphatic heterocycles. The summed E-state index contributed by atoms with van der Waals surface area (Å²) >= 11 is 0. The molecular formula is C10H20N2. The summed E-state index contributed by atoms with van der Waals surface area (Å²) in [7, 11) is 2.15. The van der Waals surface area contributed by atoms with Gasteiger partial charge in [0.2, 0.25) is 0 Å². The molecule has 0 aromatic heterocycles. The zero-order valence-electron chi connectivity index (χ0n) is 8.81. The summed E-state index contributed by atoms with van der Waals surface area (Å²) in [5, 5.41) is 3.44. The Morgan fingerprint density at radius 3 is 2.08 bits per heavy atom. The van der Waals surface area contributed by atoms with E-state index in [9.17, 15) is 0 Å². The zero-order valence-corrected chi connectivity index (χ0v) is 8.81. The summed E-state index contributed by atoms with van der Waals surface area (Å²) in [6.07, 6.45) is 0. The van der Waals surface area contributed by atoms with Crippen molar-refractivity contribution in [2.45, 2.75) is 27.7 Å². The number of allylic oxidation sites excluding steroid dienone is 2. The summed E-state index contributed by atoms with van der Waals surface area (Å²) in [4.78, 5) is 2.31. The molecule has 70 valence electrons. The van der Waals surface area contributed by atoms with Crippen LogP contribution in [0.4, 0.5) is 0 Å². The SMILES string of the molecule is CC(C)C1=C(C(C)C)N(C)CN1. The number of nitrogens with one attached hydrogen (secondary N) is 1. The lowest BCUT2D eigenvalue weighted by Gasteiger charge is -2.19. The molecule has 2 heteroatoms. The van der Waals surface area contributed by atoms with Gasteiger partial charge in [-0.1, -0.05) is 27.7 Å². The number of nitrogens with zero attached hydrogens (tertiary/aromatic N) is 1. The molecule has 0 aromatic carbocycles. The number of hydrogen-bond donors (Lipinski definition) is 1. The molecule has 0 unspecified atom stereocenters. The maximum Gasteiger partial charge on any atom is 0.0869 e. The Hall–Kier alpha value is -0.660. The summed E-state index contributed by atoms with van der Waals surface area (Å²) in [5.74, 6) is 1.25. The average Bonchev–Trinajstić information content (AvgIpc) is 2.30. The van der Waals surface area contributed by atoms with Crippen LogP contribution in [0.3, 0.4) is 0 Å². The van der Waals surface area contributed by atoms with Crippen LogP contribution in [0.25, 0.3) is 0 Å². The van der Waals surface area contributed by atoms with E-state index in [4.69, 9.17) is 0 Å². The van der Waals surface area contributed by atoms with Crippen molar-refractivity contribution in [1.29, 1.82) is 0 Å². The highest BCUT2D eigenvalue weighted by molar-refractivity contribution is 5.19. The second kappa shape index (κ2) is 3.38. The average molecular weight is 168 g/mol. The standard InChI is InChI=1S/C10H20N2/c1-7(2)9-10(8(3)4)12(5)6-11-9/h7-8,11H,6H2,1-5H3. The van der Waals surface area contributed by atoms with Gasteiger partial charge in [-0.3, -0.25) is 0 Å². The number of hydrogen-bond acceptors (Lipinski definition) is 2. The monoisotopic (exact) mass is 168 g/mol. The van der Waals surface area contributed by atoms with Crippen molar-refractivity contribution in [2.24, 2.45) is 11.8 Å². The van der Waals surface area contributed by atoms with Gasteiger partial charge in [-0.15, -0.1) is 0 Å². The third-order valence-electron chi connectivity index (χ3n) is 2.32. The Kier molecular flexibility index (Phi) is 2.65. The topological polar surface area (TPSA) is 15.3 Å². The van der Waals surface area contributed by atoms with Crippen LogP contribution in [0.1, 0.15) is 27.7 Å². The lowest BCUT2D eigenvalue weighted by Crippen LogP contribution is -2.20. The first-order valence-electron chi connectivity index (χ1n) is 4.73. The molecule has 1 aliphatic rings. The molecule has 0 aliphatic carbocycles. The predicted octanol–water partition coefficient (Wildman–Crippen LogP) is 2.00. The summed E-state index contributed by atoms with van der Waals surface area (Å²) in [5.41, 5.74) is 2.90. The molecule has 0 saturated carbocycles. The van der Waals surface area contributed by atoms with Gasteiger partial charge in [-0.2, -0.15) is 0 Å². The van der Waals surface area contributed by atoms with Gasteiger partial charge in [-0.05, 0) is 11.8 Å². The molecule has 0 fully saturated rings. The minimum Gasteiger partial charge on any atom is -0.370 e. The van der Waals surface area contributed by atoms with E-state index in [1.54, 1.807) is 0 Å². The molecule has 0 bridgehead atoms. The van der Waals surface area contributed by atoms with E-state index >= 15 is 0 Å². The van der Waals surface area contributed by atoms with E-state index in [-0.39, 0.29) is 0 Å². The molecule has 2 nitrogen and oxygen atoms in total. The van der Waals surface area contributed by atoms with Crippen molar-refractivity contribution in [1.82, 2.24) is 10.2 Å². The van der Waals surface area contributed by atoms with Crippen LogP contribution in [0.5, 0.6) is 0 Å². The highest BCUT2D eigenvalue weighted by Crippen LogP contribution is 2.25. The van der Waals surface area contributed by atoms with Crippen LogP contribution < -0.4 is 5.32 Å². The molecule has 12 heavy (non-hydrogen) atoms. The van der Waals surface area contributed by atoms with Crippen LogP contribution in [0, 0.1) is 11.8 Å². The third kappa shape index (κ3) is 1.57. The van der Waals surface area contributed by atoms with Gasteiger partial charge in [0.15, 0.2) is 0 Å². The van der Waals surface area contributed by atoms with Crippen LogP contribution in [-0.4, -0.2) is 18.6 Å². The minimum absolute atomic E-state index is 0.618. The van der Waals surface area contributed by atoms with E-state index in [2.05, 4.69) is 45.0 Å². The molecule has 0 saturated heterocycles. The molecule has 1 N–H and O–H groups in total. The maximum atomic E-state index is 3.44. The molecule has 0 aromatic rings. The van der Waals surface area contributed by atoms with Crippen LogP contribution in [0.2, 0.25) is 0 Å². The summed E-state index contributed by atoms with van der Waals surface area (Å²) in [6.45, 7) is 9.96. The normalized spacial score (nSPS) is 18.1. The molecule has 1 heterocycles. The first-order chi connectivity index (χ1) is 5.54. The molecular weight excluding hydrogens is 148 g/mol. The maximum absolute atomic E-state index is 3.44. The van der Waals surface area contributed by atoms with Crippen molar-refractivity contribution < 1.29 is 0 Å². The highest BCUT2D eigenvalue weighted by Gasteiger charge is 2.22. The fraction of sp³-hybridized carbons (Fsp3) is 0.800. The second-order valence-electron chi connectivity index (χ2n) is 4.14. The molecule has 0 spiro atoms. The van der Waals surface area contributed by atoms with Crippen LogP contribution in [0.15, 0.2) is 11.4 Å². The smallest absolute Gasteiger partial charge is 0.0869 e. The lowest BCUT2D eigenvalue weighted by molar-refractivity contribution is 0.400. The van der Waals surface area contributed by atoms with Gasteiger partial charge in [0.25, 0.3) is 0 Å². The Balaban J connectivity index is 2.90. The lowest BCUT2D eigenvalue weighted by atomic mass is 10.0. The Bertz CT molecular complexity index is 192. The Morgan fingerprint density at radius 1 is 1.17 bits per heavy atom. The van der Waals surface area contributed by atoms with Gasteiger partial charge in [0.05, 0.1) is 6.67 Å². The fourth-order valence-electron chi connectivity index (χ4n) is 1.84. The van der Waals surface area contributed by atoms with Crippen molar-refractivity contribution in [3.63, 3.8) is 0 Å². The van der Waals surface area contributed by atoms with Crippen molar-refractivity contribution in [3.8, 4) is 0 Å². The minimum atomic E-state index is 0.618. The van der Waals surface area contributed by atoms with E-state index in [1.807, 2.05) is 0 Å². The quantitative estimate of drug-likeness (QED) is 0.678.